The predicted octanol–water partition coefficient (Wildman–Crippen LogP) is 5.59. The molecule has 4 aromatic rings. The smallest absolute Gasteiger partial charge is 0.253 e. The Labute approximate surface area is 176 Å². The van der Waals surface area contributed by atoms with E-state index >= 15 is 0 Å². The van der Waals surface area contributed by atoms with Gasteiger partial charge in [-0.2, -0.15) is 0 Å². The molecule has 1 fully saturated rings. The number of benzene rings is 3. The summed E-state index contributed by atoms with van der Waals surface area (Å²) in [5, 5.41) is 0.955. The first-order chi connectivity index (χ1) is 14.8. The number of nitrogens with zero attached hydrogens (tertiary/aromatic N) is 3. The van der Waals surface area contributed by atoms with Crippen LogP contribution in [0.1, 0.15) is 29.6 Å². The first-order valence-electron chi connectivity index (χ1n) is 10.5. The van der Waals surface area contributed by atoms with E-state index in [-0.39, 0.29) is 5.91 Å². The standard InChI is InChI=1S/C26H23N3O/c30-26(29-16-8-3-9-17-29)21-14-15-22-23(18-21)27-25(20-12-6-2-7-13-20)28-24(22)19-10-4-1-5-11-19/h1-2,4-7,10-15,18H,3,8-9,16-17H2. The first-order valence-corrected chi connectivity index (χ1v) is 10.5. The number of piperidine rings is 1. The van der Waals surface area contributed by atoms with E-state index in [1.54, 1.807) is 0 Å². The van der Waals surface area contributed by atoms with E-state index < -0.39 is 0 Å². The van der Waals surface area contributed by atoms with Crippen molar-refractivity contribution < 1.29 is 4.79 Å². The summed E-state index contributed by atoms with van der Waals surface area (Å²) in [6, 6.07) is 26.0. The summed E-state index contributed by atoms with van der Waals surface area (Å²) >= 11 is 0. The lowest BCUT2D eigenvalue weighted by molar-refractivity contribution is 0.0724. The van der Waals surface area contributed by atoms with E-state index in [2.05, 4.69) is 12.1 Å². The molecule has 0 unspecified atom stereocenters. The normalized spacial score (nSPS) is 14.1. The Kier molecular flexibility index (Phi) is 4.98. The molecule has 0 aliphatic carbocycles. The maximum absolute atomic E-state index is 13.0. The zero-order valence-electron chi connectivity index (χ0n) is 16.8. The summed E-state index contributed by atoms with van der Waals surface area (Å²) in [7, 11) is 0. The highest BCUT2D eigenvalue weighted by Gasteiger charge is 2.19. The van der Waals surface area contributed by atoms with Crippen LogP contribution in [0.3, 0.4) is 0 Å². The highest BCUT2D eigenvalue weighted by molar-refractivity contribution is 6.01. The Balaban J connectivity index is 1.66. The second kappa shape index (κ2) is 8.07. The number of hydrogen-bond donors (Lipinski definition) is 0. The molecule has 0 saturated carbocycles. The third kappa shape index (κ3) is 3.57. The summed E-state index contributed by atoms with van der Waals surface area (Å²) in [4.78, 5) is 24.7. The van der Waals surface area contributed by atoms with Gasteiger partial charge in [0.1, 0.15) is 0 Å². The third-order valence-electron chi connectivity index (χ3n) is 5.67. The van der Waals surface area contributed by atoms with E-state index in [0.29, 0.717) is 11.4 Å². The highest BCUT2D eigenvalue weighted by Crippen LogP contribution is 2.30. The van der Waals surface area contributed by atoms with Gasteiger partial charge in [0.2, 0.25) is 0 Å². The van der Waals surface area contributed by atoms with Crippen LogP contribution in [0.5, 0.6) is 0 Å². The number of carbonyl (C=O) groups is 1. The Bertz CT molecular complexity index is 1180. The minimum Gasteiger partial charge on any atom is -0.339 e. The van der Waals surface area contributed by atoms with Crippen molar-refractivity contribution in [3.8, 4) is 22.6 Å². The number of carbonyl (C=O) groups excluding carboxylic acids is 1. The van der Waals surface area contributed by atoms with Crippen LogP contribution < -0.4 is 0 Å². The molecule has 0 bridgehead atoms. The molecule has 30 heavy (non-hydrogen) atoms. The van der Waals surface area contributed by atoms with Crippen molar-refractivity contribution in [1.82, 2.24) is 14.9 Å². The Hall–Kier alpha value is -3.53. The number of amides is 1. The summed E-state index contributed by atoms with van der Waals surface area (Å²) in [6.07, 6.45) is 3.37. The van der Waals surface area contributed by atoms with Crippen LogP contribution in [-0.4, -0.2) is 33.9 Å². The van der Waals surface area contributed by atoms with Crippen molar-refractivity contribution in [2.75, 3.05) is 13.1 Å². The van der Waals surface area contributed by atoms with Gasteiger partial charge in [0, 0.05) is 35.2 Å². The molecular formula is C26H23N3O. The van der Waals surface area contributed by atoms with Crippen LogP contribution >= 0.6 is 0 Å². The molecule has 2 heterocycles. The van der Waals surface area contributed by atoms with Crippen LogP contribution in [0.4, 0.5) is 0 Å². The highest BCUT2D eigenvalue weighted by atomic mass is 16.2. The maximum Gasteiger partial charge on any atom is 0.253 e. The Morgan fingerprint density at radius 3 is 2.10 bits per heavy atom. The van der Waals surface area contributed by atoms with Gasteiger partial charge in [-0.25, -0.2) is 9.97 Å². The quantitative estimate of drug-likeness (QED) is 0.456. The lowest BCUT2D eigenvalue weighted by Crippen LogP contribution is -2.35. The monoisotopic (exact) mass is 393 g/mol. The van der Waals surface area contributed by atoms with Gasteiger partial charge < -0.3 is 4.90 Å². The Morgan fingerprint density at radius 2 is 1.40 bits per heavy atom. The molecule has 0 N–H and O–H groups in total. The van der Waals surface area contributed by atoms with Gasteiger partial charge in [0.05, 0.1) is 11.2 Å². The molecule has 1 aromatic heterocycles. The zero-order chi connectivity index (χ0) is 20.3. The predicted molar refractivity (Wildman–Crippen MR) is 120 cm³/mol. The van der Waals surface area contributed by atoms with Crippen molar-refractivity contribution in [2.45, 2.75) is 19.3 Å². The van der Waals surface area contributed by atoms with Gasteiger partial charge in [-0.05, 0) is 37.5 Å². The van der Waals surface area contributed by atoms with Crippen molar-refractivity contribution in [3.63, 3.8) is 0 Å². The first kappa shape index (κ1) is 18.5. The van der Waals surface area contributed by atoms with E-state index in [0.717, 1.165) is 53.7 Å². The molecule has 0 spiro atoms. The van der Waals surface area contributed by atoms with Crippen molar-refractivity contribution in [3.05, 3.63) is 84.4 Å². The van der Waals surface area contributed by atoms with Gasteiger partial charge >= 0.3 is 0 Å². The molecule has 4 nitrogen and oxygen atoms in total. The number of fused-ring (bicyclic) bond motifs is 1. The van der Waals surface area contributed by atoms with Crippen molar-refractivity contribution >= 4 is 16.8 Å². The topological polar surface area (TPSA) is 46.1 Å². The second-order valence-corrected chi connectivity index (χ2v) is 7.71. The molecule has 1 amide bonds. The molecule has 148 valence electrons. The average molecular weight is 393 g/mol. The number of hydrogen-bond acceptors (Lipinski definition) is 3. The lowest BCUT2D eigenvalue weighted by atomic mass is 10.0. The number of rotatable bonds is 3. The molecule has 1 aliphatic rings. The molecule has 1 aliphatic heterocycles. The number of aromatic nitrogens is 2. The fourth-order valence-corrected chi connectivity index (χ4v) is 4.07. The van der Waals surface area contributed by atoms with Gasteiger partial charge in [0.25, 0.3) is 5.91 Å². The van der Waals surface area contributed by atoms with Crippen LogP contribution in [-0.2, 0) is 0 Å². The van der Waals surface area contributed by atoms with Gasteiger partial charge in [-0.1, -0.05) is 60.7 Å². The molecule has 0 radical (unpaired) electrons. The van der Waals surface area contributed by atoms with Crippen LogP contribution in [0.15, 0.2) is 78.9 Å². The van der Waals surface area contributed by atoms with Crippen LogP contribution in [0.25, 0.3) is 33.5 Å². The number of likely N-dealkylation sites (tertiary alicyclic amines) is 1. The minimum absolute atomic E-state index is 0.0951. The SMILES string of the molecule is O=C(c1ccc2c(-c3ccccc3)nc(-c3ccccc3)nc2c1)N1CCCCC1. The van der Waals surface area contributed by atoms with E-state index in [1.165, 1.54) is 6.42 Å². The van der Waals surface area contributed by atoms with Crippen molar-refractivity contribution in [1.29, 1.82) is 0 Å². The van der Waals surface area contributed by atoms with E-state index in [4.69, 9.17) is 9.97 Å². The molecule has 1 saturated heterocycles. The second-order valence-electron chi connectivity index (χ2n) is 7.71. The fraction of sp³-hybridized carbons (Fsp3) is 0.192. The molecule has 4 heteroatoms. The summed E-state index contributed by atoms with van der Waals surface area (Å²) in [5.41, 5.74) is 4.38. The molecular weight excluding hydrogens is 370 g/mol. The average Bonchev–Trinajstić information content (AvgIpc) is 2.84. The zero-order valence-corrected chi connectivity index (χ0v) is 16.8. The molecule has 3 aromatic carbocycles. The summed E-state index contributed by atoms with van der Waals surface area (Å²) in [6.45, 7) is 1.68. The van der Waals surface area contributed by atoms with Gasteiger partial charge in [-0.3, -0.25) is 4.79 Å². The van der Waals surface area contributed by atoms with Gasteiger partial charge in [0.15, 0.2) is 5.82 Å². The largest absolute Gasteiger partial charge is 0.339 e. The van der Waals surface area contributed by atoms with Crippen LogP contribution in [0, 0.1) is 0 Å². The van der Waals surface area contributed by atoms with Crippen molar-refractivity contribution in [2.24, 2.45) is 0 Å². The molecule has 0 atom stereocenters. The maximum atomic E-state index is 13.0. The Morgan fingerprint density at radius 1 is 0.733 bits per heavy atom. The third-order valence-corrected chi connectivity index (χ3v) is 5.67. The van der Waals surface area contributed by atoms with Gasteiger partial charge in [-0.15, -0.1) is 0 Å². The molecule has 5 rings (SSSR count). The van der Waals surface area contributed by atoms with E-state index in [1.807, 2.05) is 71.6 Å². The van der Waals surface area contributed by atoms with Crippen LogP contribution in [0.2, 0.25) is 0 Å². The fourth-order valence-electron chi connectivity index (χ4n) is 4.07. The summed E-state index contributed by atoms with van der Waals surface area (Å²) in [5.74, 6) is 0.766. The summed E-state index contributed by atoms with van der Waals surface area (Å²) < 4.78 is 0. The minimum atomic E-state index is 0.0951. The van der Waals surface area contributed by atoms with E-state index in [9.17, 15) is 4.79 Å². The lowest BCUT2D eigenvalue weighted by Gasteiger charge is -2.26.